The smallest absolute Gasteiger partial charge is 0.254 e. The molecule has 0 spiro atoms. The van der Waals surface area contributed by atoms with Crippen LogP contribution in [0.25, 0.3) is 5.78 Å². The molecule has 0 amide bonds. The minimum absolute atomic E-state index is 0.570. The van der Waals surface area contributed by atoms with Gasteiger partial charge in [0, 0.05) is 25.9 Å². The maximum atomic E-state index is 4.29. The fourth-order valence-corrected chi connectivity index (χ4v) is 1.18. The molecule has 0 aliphatic rings. The minimum Gasteiger partial charge on any atom is -0.369 e. The highest BCUT2D eigenvalue weighted by Crippen LogP contribution is 2.12. The molecule has 0 saturated carbocycles. The summed E-state index contributed by atoms with van der Waals surface area (Å²) in [5, 5.41) is 4.05. The quantitative estimate of drug-likeness (QED) is 0.532. The predicted molar refractivity (Wildman–Crippen MR) is 57.4 cm³/mol. The van der Waals surface area contributed by atoms with E-state index in [9.17, 15) is 0 Å². The molecule has 0 N–H and O–H groups in total. The second-order valence-corrected chi connectivity index (χ2v) is 3.44. The van der Waals surface area contributed by atoms with Crippen molar-refractivity contribution in [2.24, 2.45) is 4.99 Å². The van der Waals surface area contributed by atoms with E-state index in [0.717, 1.165) is 11.5 Å². The summed E-state index contributed by atoms with van der Waals surface area (Å²) in [5.41, 5.74) is 0.876. The number of rotatable bonds is 2. The molecular formula is C9H12N6. The van der Waals surface area contributed by atoms with Crippen LogP contribution in [0.1, 0.15) is 5.69 Å². The van der Waals surface area contributed by atoms with E-state index < -0.39 is 0 Å². The highest BCUT2D eigenvalue weighted by Gasteiger charge is 2.03. The van der Waals surface area contributed by atoms with Crippen molar-refractivity contribution >= 4 is 17.9 Å². The van der Waals surface area contributed by atoms with Gasteiger partial charge in [-0.05, 0) is 6.92 Å². The first-order valence-electron chi connectivity index (χ1n) is 4.55. The fourth-order valence-electron chi connectivity index (χ4n) is 1.18. The Morgan fingerprint density at radius 1 is 1.47 bits per heavy atom. The van der Waals surface area contributed by atoms with Crippen LogP contribution in [0.2, 0.25) is 0 Å². The molecule has 15 heavy (non-hydrogen) atoms. The van der Waals surface area contributed by atoms with Crippen LogP contribution in [0.5, 0.6) is 0 Å². The minimum atomic E-state index is 0.570. The highest BCUT2D eigenvalue weighted by molar-refractivity contribution is 5.60. The van der Waals surface area contributed by atoms with Crippen molar-refractivity contribution in [3.8, 4) is 0 Å². The topological polar surface area (TPSA) is 58.7 Å². The molecule has 0 unspecified atom stereocenters. The van der Waals surface area contributed by atoms with Crippen molar-refractivity contribution in [1.82, 2.24) is 24.5 Å². The monoisotopic (exact) mass is 204 g/mol. The van der Waals surface area contributed by atoms with Crippen LogP contribution in [0.4, 0.5) is 5.82 Å². The Morgan fingerprint density at radius 3 is 3.00 bits per heavy atom. The van der Waals surface area contributed by atoms with Crippen LogP contribution in [0.15, 0.2) is 17.4 Å². The molecule has 78 valence electrons. The summed E-state index contributed by atoms with van der Waals surface area (Å²) >= 11 is 0. The molecule has 2 heterocycles. The van der Waals surface area contributed by atoms with Gasteiger partial charge in [-0.2, -0.15) is 14.6 Å². The van der Waals surface area contributed by atoms with Crippen LogP contribution >= 0.6 is 0 Å². The third-order valence-corrected chi connectivity index (χ3v) is 1.78. The van der Waals surface area contributed by atoms with E-state index in [2.05, 4.69) is 20.1 Å². The van der Waals surface area contributed by atoms with Gasteiger partial charge in [-0.3, -0.25) is 0 Å². The van der Waals surface area contributed by atoms with E-state index in [0.29, 0.717) is 5.78 Å². The number of hydrogen-bond acceptors (Lipinski definition) is 4. The van der Waals surface area contributed by atoms with Gasteiger partial charge in [-0.25, -0.2) is 9.98 Å². The molecule has 0 bridgehead atoms. The lowest BCUT2D eigenvalue weighted by molar-refractivity contribution is 0.642. The van der Waals surface area contributed by atoms with Crippen molar-refractivity contribution in [2.75, 3.05) is 14.1 Å². The summed E-state index contributed by atoms with van der Waals surface area (Å²) in [4.78, 5) is 14.4. The molecule has 2 aromatic heterocycles. The first kappa shape index (κ1) is 9.57. The van der Waals surface area contributed by atoms with E-state index in [1.165, 1.54) is 6.33 Å². The Morgan fingerprint density at radius 2 is 2.27 bits per heavy atom. The van der Waals surface area contributed by atoms with Crippen molar-refractivity contribution in [3.05, 3.63) is 18.1 Å². The largest absolute Gasteiger partial charge is 0.369 e. The molecule has 6 heteroatoms. The fraction of sp³-hybridized carbons (Fsp3) is 0.333. The van der Waals surface area contributed by atoms with Gasteiger partial charge in [0.1, 0.15) is 6.33 Å². The highest BCUT2D eigenvalue weighted by atomic mass is 15.3. The predicted octanol–water partition coefficient (Wildman–Crippen LogP) is 0.654. The van der Waals surface area contributed by atoms with Crippen LogP contribution in [0.3, 0.4) is 0 Å². The van der Waals surface area contributed by atoms with Crippen LogP contribution in [0, 0.1) is 6.92 Å². The van der Waals surface area contributed by atoms with E-state index in [4.69, 9.17) is 0 Å². The average Bonchev–Trinajstić information content (AvgIpc) is 2.61. The number of aliphatic imine (C=N–C) groups is 1. The maximum Gasteiger partial charge on any atom is 0.254 e. The third-order valence-electron chi connectivity index (χ3n) is 1.78. The summed E-state index contributed by atoms with van der Waals surface area (Å²) in [6.07, 6.45) is 3.19. The maximum absolute atomic E-state index is 4.29. The van der Waals surface area contributed by atoms with Crippen molar-refractivity contribution < 1.29 is 0 Å². The molecule has 0 aliphatic heterocycles. The van der Waals surface area contributed by atoms with E-state index in [1.807, 2.05) is 32.0 Å². The van der Waals surface area contributed by atoms with Gasteiger partial charge in [0.05, 0.1) is 6.34 Å². The second kappa shape index (κ2) is 3.64. The van der Waals surface area contributed by atoms with E-state index in [1.54, 1.807) is 10.9 Å². The molecule has 0 fully saturated rings. The van der Waals surface area contributed by atoms with Gasteiger partial charge in [0.15, 0.2) is 5.82 Å². The van der Waals surface area contributed by atoms with Gasteiger partial charge in [0.25, 0.3) is 5.78 Å². The molecule has 0 saturated heterocycles. The van der Waals surface area contributed by atoms with Gasteiger partial charge >= 0.3 is 0 Å². The number of hydrogen-bond donors (Lipinski definition) is 0. The number of nitrogens with zero attached hydrogens (tertiary/aromatic N) is 6. The summed E-state index contributed by atoms with van der Waals surface area (Å²) < 4.78 is 1.60. The van der Waals surface area contributed by atoms with Crippen LogP contribution < -0.4 is 0 Å². The first-order chi connectivity index (χ1) is 7.16. The van der Waals surface area contributed by atoms with E-state index in [-0.39, 0.29) is 0 Å². The molecular weight excluding hydrogens is 192 g/mol. The Labute approximate surface area is 87.3 Å². The molecule has 2 aromatic rings. The van der Waals surface area contributed by atoms with Crippen molar-refractivity contribution in [1.29, 1.82) is 0 Å². The van der Waals surface area contributed by atoms with Gasteiger partial charge in [-0.15, -0.1) is 0 Å². The first-order valence-corrected chi connectivity index (χ1v) is 4.55. The normalized spacial score (nSPS) is 11.4. The van der Waals surface area contributed by atoms with Crippen LogP contribution in [-0.2, 0) is 0 Å². The second-order valence-electron chi connectivity index (χ2n) is 3.44. The van der Waals surface area contributed by atoms with Gasteiger partial charge < -0.3 is 4.90 Å². The summed E-state index contributed by atoms with van der Waals surface area (Å²) in [7, 11) is 3.83. The van der Waals surface area contributed by atoms with E-state index >= 15 is 0 Å². The van der Waals surface area contributed by atoms with Crippen molar-refractivity contribution in [2.45, 2.75) is 6.92 Å². The van der Waals surface area contributed by atoms with Crippen molar-refractivity contribution in [3.63, 3.8) is 0 Å². The molecule has 0 atom stereocenters. The summed E-state index contributed by atoms with van der Waals surface area (Å²) in [5.74, 6) is 1.30. The zero-order chi connectivity index (χ0) is 10.8. The summed E-state index contributed by atoms with van der Waals surface area (Å²) in [6, 6.07) is 1.86. The Bertz CT molecular complexity index is 498. The molecule has 6 nitrogen and oxygen atoms in total. The molecule has 2 rings (SSSR count). The number of aromatic nitrogens is 4. The zero-order valence-corrected chi connectivity index (χ0v) is 8.92. The van der Waals surface area contributed by atoms with Crippen LogP contribution in [-0.4, -0.2) is 44.9 Å². The lowest BCUT2D eigenvalue weighted by Crippen LogP contribution is -2.07. The summed E-state index contributed by atoms with van der Waals surface area (Å²) in [6.45, 7) is 1.91. The average molecular weight is 204 g/mol. The lowest BCUT2D eigenvalue weighted by atomic mass is 10.4. The zero-order valence-electron chi connectivity index (χ0n) is 8.92. The molecule has 0 radical (unpaired) electrons. The lowest BCUT2D eigenvalue weighted by Gasteiger charge is -2.03. The Hall–Kier alpha value is -1.98. The van der Waals surface area contributed by atoms with Gasteiger partial charge in [-0.1, -0.05) is 0 Å². The SMILES string of the molecule is Cc1cc(N=CN(C)C)n2ncnc2n1. The number of aryl methyl sites for hydroxylation is 1. The third kappa shape index (κ3) is 1.93. The molecule has 0 aromatic carbocycles. The standard InChI is InChI=1S/C9H12N6/c1-7-4-8(11-6-14(2)3)15-9(13-7)10-5-12-15/h4-6H,1-3H3. The van der Waals surface area contributed by atoms with Gasteiger partial charge in [0.2, 0.25) is 0 Å². The molecule has 0 aliphatic carbocycles. The Kier molecular flexibility index (Phi) is 2.32. The Balaban J connectivity index is 2.53. The number of fused-ring (bicyclic) bond motifs is 1.